The smallest absolute Gasteiger partial charge is 0.264 e. The van der Waals surface area contributed by atoms with Crippen molar-refractivity contribution in [3.63, 3.8) is 0 Å². The van der Waals surface area contributed by atoms with E-state index in [2.05, 4.69) is 5.32 Å². The van der Waals surface area contributed by atoms with E-state index in [1.54, 1.807) is 18.2 Å². The fourth-order valence-electron chi connectivity index (χ4n) is 4.00. The van der Waals surface area contributed by atoms with E-state index >= 15 is 0 Å². The van der Waals surface area contributed by atoms with Crippen molar-refractivity contribution in [2.24, 2.45) is 0 Å². The van der Waals surface area contributed by atoms with Crippen LogP contribution in [0.2, 0.25) is 5.02 Å². The molecule has 0 bridgehead atoms. The molecule has 1 N–H and O–H groups in total. The SMILES string of the molecule is Cc1cc(Cl)ccc1OCCCC(=O)Nc1ccc(S(=O)(=O)N2CCCc3ccccc32)cc1. The summed E-state index contributed by atoms with van der Waals surface area (Å²) in [5.41, 5.74) is 3.27. The number of ether oxygens (including phenoxy) is 1. The lowest BCUT2D eigenvalue weighted by molar-refractivity contribution is -0.116. The average Bonchev–Trinajstić information content (AvgIpc) is 2.83. The molecule has 0 aliphatic carbocycles. The van der Waals surface area contributed by atoms with Gasteiger partial charge in [0.1, 0.15) is 5.75 Å². The van der Waals surface area contributed by atoms with Crippen molar-refractivity contribution in [1.82, 2.24) is 0 Å². The maximum atomic E-state index is 13.2. The van der Waals surface area contributed by atoms with Crippen molar-refractivity contribution in [3.05, 3.63) is 82.9 Å². The molecule has 0 spiro atoms. The Morgan fingerprint density at radius 1 is 1.09 bits per heavy atom. The van der Waals surface area contributed by atoms with Crippen molar-refractivity contribution in [3.8, 4) is 5.75 Å². The lowest BCUT2D eigenvalue weighted by atomic mass is 10.0. The third-order valence-corrected chi connectivity index (χ3v) is 7.80. The number of para-hydroxylation sites is 1. The maximum absolute atomic E-state index is 13.2. The molecule has 1 amide bonds. The number of carbonyl (C=O) groups excluding carboxylic acids is 1. The first-order chi connectivity index (χ1) is 16.3. The monoisotopic (exact) mass is 498 g/mol. The van der Waals surface area contributed by atoms with Gasteiger partial charge in [-0.25, -0.2) is 8.42 Å². The number of anilines is 2. The van der Waals surface area contributed by atoms with E-state index in [-0.39, 0.29) is 17.2 Å². The lowest BCUT2D eigenvalue weighted by Crippen LogP contribution is -2.35. The van der Waals surface area contributed by atoms with Gasteiger partial charge >= 0.3 is 0 Å². The number of sulfonamides is 1. The Kier molecular flexibility index (Phi) is 7.44. The van der Waals surface area contributed by atoms with Crippen molar-refractivity contribution >= 4 is 38.9 Å². The summed E-state index contributed by atoms with van der Waals surface area (Å²) in [6.07, 6.45) is 2.50. The van der Waals surface area contributed by atoms with Crippen LogP contribution in [-0.2, 0) is 21.2 Å². The first-order valence-electron chi connectivity index (χ1n) is 11.2. The zero-order valence-electron chi connectivity index (χ0n) is 19.0. The molecule has 3 aromatic carbocycles. The summed E-state index contributed by atoms with van der Waals surface area (Å²) in [6, 6.07) is 19.3. The number of nitrogens with one attached hydrogen (secondary N) is 1. The van der Waals surface area contributed by atoms with Gasteiger partial charge in [0, 0.05) is 23.7 Å². The number of amides is 1. The number of nitrogens with zero attached hydrogens (tertiary/aromatic N) is 1. The van der Waals surface area contributed by atoms with Gasteiger partial charge in [0.25, 0.3) is 10.0 Å². The highest BCUT2D eigenvalue weighted by Gasteiger charge is 2.28. The van der Waals surface area contributed by atoms with Gasteiger partial charge in [-0.1, -0.05) is 29.8 Å². The standard InChI is InChI=1S/C26H27ClN2O4S/c1-19-18-21(27)10-15-25(19)33-17-5-9-26(30)28-22-11-13-23(14-12-22)34(31,32)29-16-4-7-20-6-2-3-8-24(20)29/h2-3,6,8,10-15,18H,4-5,7,9,16-17H2,1H3,(H,28,30). The number of fused-ring (bicyclic) bond motifs is 1. The van der Waals surface area contributed by atoms with Gasteiger partial charge in [-0.05, 0) is 85.8 Å². The van der Waals surface area contributed by atoms with Crippen LogP contribution in [0.25, 0.3) is 0 Å². The Morgan fingerprint density at radius 3 is 2.62 bits per heavy atom. The highest BCUT2D eigenvalue weighted by molar-refractivity contribution is 7.92. The van der Waals surface area contributed by atoms with E-state index in [9.17, 15) is 13.2 Å². The molecule has 4 rings (SSSR count). The van der Waals surface area contributed by atoms with Crippen LogP contribution >= 0.6 is 11.6 Å². The van der Waals surface area contributed by atoms with Crippen LogP contribution in [-0.4, -0.2) is 27.5 Å². The summed E-state index contributed by atoms with van der Waals surface area (Å²) in [4.78, 5) is 12.5. The van der Waals surface area contributed by atoms with Gasteiger partial charge in [0.15, 0.2) is 0 Å². The highest BCUT2D eigenvalue weighted by Crippen LogP contribution is 2.32. The van der Waals surface area contributed by atoms with Gasteiger partial charge in [-0.2, -0.15) is 0 Å². The average molecular weight is 499 g/mol. The van der Waals surface area contributed by atoms with Gasteiger partial charge in [0.05, 0.1) is 17.2 Å². The molecule has 0 aromatic heterocycles. The van der Waals surface area contributed by atoms with Crippen LogP contribution in [0.1, 0.15) is 30.4 Å². The fraction of sp³-hybridized carbons (Fsp3) is 0.269. The fourth-order valence-corrected chi connectivity index (χ4v) is 5.77. The number of carbonyl (C=O) groups is 1. The van der Waals surface area contributed by atoms with E-state index in [0.29, 0.717) is 30.3 Å². The van der Waals surface area contributed by atoms with Gasteiger partial charge in [-0.3, -0.25) is 9.10 Å². The lowest BCUT2D eigenvalue weighted by Gasteiger charge is -2.30. The Labute approximate surface area is 205 Å². The number of aryl methyl sites for hydroxylation is 2. The Hall–Kier alpha value is -3.03. The number of rotatable bonds is 8. The number of hydrogen-bond donors (Lipinski definition) is 1. The van der Waals surface area contributed by atoms with Crippen LogP contribution in [0.3, 0.4) is 0 Å². The van der Waals surface area contributed by atoms with Crippen molar-refractivity contribution in [2.75, 3.05) is 22.8 Å². The van der Waals surface area contributed by atoms with E-state index in [1.165, 1.54) is 16.4 Å². The van der Waals surface area contributed by atoms with Crippen LogP contribution < -0.4 is 14.4 Å². The molecule has 0 radical (unpaired) electrons. The molecule has 0 atom stereocenters. The van der Waals surface area contributed by atoms with Gasteiger partial charge in [-0.15, -0.1) is 0 Å². The second-order valence-corrected chi connectivity index (χ2v) is 10.5. The van der Waals surface area contributed by atoms with E-state index < -0.39 is 10.0 Å². The number of halogens is 1. The van der Waals surface area contributed by atoms with Crippen molar-refractivity contribution in [2.45, 2.75) is 37.5 Å². The predicted molar refractivity (Wildman–Crippen MR) is 135 cm³/mol. The summed E-state index contributed by atoms with van der Waals surface area (Å²) in [6.45, 7) is 2.78. The minimum Gasteiger partial charge on any atom is -0.493 e. The molecule has 0 unspecified atom stereocenters. The van der Waals surface area contributed by atoms with Crippen LogP contribution in [0.5, 0.6) is 5.75 Å². The third-order valence-electron chi connectivity index (χ3n) is 5.74. The molecule has 0 saturated heterocycles. The Bertz CT molecular complexity index is 1280. The molecule has 8 heteroatoms. The molecule has 1 aliphatic rings. The normalized spacial score (nSPS) is 13.3. The molecule has 1 aliphatic heterocycles. The molecule has 3 aromatic rings. The van der Waals surface area contributed by atoms with Crippen LogP contribution in [0, 0.1) is 6.92 Å². The number of benzene rings is 3. The Balaban J connectivity index is 1.31. The largest absolute Gasteiger partial charge is 0.493 e. The topological polar surface area (TPSA) is 75.7 Å². The first-order valence-corrected chi connectivity index (χ1v) is 13.1. The zero-order valence-corrected chi connectivity index (χ0v) is 20.5. The molecule has 0 fully saturated rings. The molecule has 0 saturated carbocycles. The van der Waals surface area contributed by atoms with Crippen molar-refractivity contribution in [1.29, 1.82) is 0 Å². The quantitative estimate of drug-likeness (QED) is 0.411. The molecule has 6 nitrogen and oxygen atoms in total. The minimum atomic E-state index is -3.68. The van der Waals surface area contributed by atoms with E-state index in [0.717, 1.165) is 35.4 Å². The van der Waals surface area contributed by atoms with Crippen LogP contribution in [0.4, 0.5) is 11.4 Å². The molecule has 1 heterocycles. The zero-order chi connectivity index (χ0) is 24.1. The second-order valence-electron chi connectivity index (χ2n) is 8.24. The van der Waals surface area contributed by atoms with Gasteiger partial charge < -0.3 is 10.1 Å². The minimum absolute atomic E-state index is 0.156. The van der Waals surface area contributed by atoms with Gasteiger partial charge in [0.2, 0.25) is 5.91 Å². The predicted octanol–water partition coefficient (Wildman–Crippen LogP) is 5.59. The van der Waals surface area contributed by atoms with E-state index in [1.807, 2.05) is 43.3 Å². The molecular formula is C26H27ClN2O4S. The summed E-state index contributed by atoms with van der Waals surface area (Å²) in [5, 5.41) is 3.47. The highest BCUT2D eigenvalue weighted by atomic mass is 35.5. The summed E-state index contributed by atoms with van der Waals surface area (Å²) < 4.78 is 33.7. The summed E-state index contributed by atoms with van der Waals surface area (Å²) in [5.74, 6) is 0.593. The summed E-state index contributed by atoms with van der Waals surface area (Å²) in [7, 11) is -3.68. The molecule has 178 valence electrons. The first kappa shape index (κ1) is 24.1. The third kappa shape index (κ3) is 5.54. The maximum Gasteiger partial charge on any atom is 0.264 e. The Morgan fingerprint density at radius 2 is 1.85 bits per heavy atom. The molecular weight excluding hydrogens is 472 g/mol. The van der Waals surface area contributed by atoms with E-state index in [4.69, 9.17) is 16.3 Å². The second kappa shape index (κ2) is 10.5. The van der Waals surface area contributed by atoms with Crippen molar-refractivity contribution < 1.29 is 17.9 Å². The van der Waals surface area contributed by atoms with Crippen LogP contribution in [0.15, 0.2) is 71.6 Å². The molecule has 34 heavy (non-hydrogen) atoms. The summed E-state index contributed by atoms with van der Waals surface area (Å²) >= 11 is 5.95. The number of hydrogen-bond acceptors (Lipinski definition) is 4.